The lowest BCUT2D eigenvalue weighted by Gasteiger charge is -2.26. The van der Waals surface area contributed by atoms with Crippen LogP contribution in [0.15, 0.2) is 40.8 Å². The van der Waals surface area contributed by atoms with Gasteiger partial charge >= 0.3 is 0 Å². The van der Waals surface area contributed by atoms with Gasteiger partial charge in [0.25, 0.3) is 5.91 Å². The molecule has 2 heterocycles. The minimum atomic E-state index is -0.196. The highest BCUT2D eigenvalue weighted by Gasteiger charge is 2.22. The number of hydrogen-bond donors (Lipinski definition) is 0. The number of carbonyl (C=O) groups is 1. The molecule has 0 bridgehead atoms. The van der Waals surface area contributed by atoms with Gasteiger partial charge in [0.05, 0.1) is 6.54 Å². The maximum Gasteiger partial charge on any atom is 0.289 e. The van der Waals surface area contributed by atoms with E-state index in [1.807, 2.05) is 17.0 Å². The Morgan fingerprint density at radius 1 is 1.12 bits per heavy atom. The van der Waals surface area contributed by atoms with E-state index in [0.29, 0.717) is 24.4 Å². The predicted octanol–water partition coefficient (Wildman–Crippen LogP) is 4.46. The molecular formula is C21H27FN2O2. The molecule has 0 aliphatic carbocycles. The summed E-state index contributed by atoms with van der Waals surface area (Å²) in [7, 11) is 0. The fourth-order valence-corrected chi connectivity index (χ4v) is 3.30. The second kappa shape index (κ2) is 8.49. The van der Waals surface area contributed by atoms with Crippen LogP contribution in [0, 0.1) is 5.82 Å². The van der Waals surface area contributed by atoms with E-state index in [0.717, 1.165) is 31.7 Å². The Morgan fingerprint density at radius 3 is 2.54 bits per heavy atom. The molecule has 0 radical (unpaired) electrons. The summed E-state index contributed by atoms with van der Waals surface area (Å²) in [5.74, 6) is 0.909. The number of benzene rings is 1. The minimum Gasteiger partial charge on any atom is -0.455 e. The zero-order valence-electron chi connectivity index (χ0n) is 15.6. The van der Waals surface area contributed by atoms with Gasteiger partial charge in [-0.05, 0) is 51.3 Å². The highest BCUT2D eigenvalue weighted by Crippen LogP contribution is 2.19. The number of amides is 1. The van der Waals surface area contributed by atoms with Crippen LogP contribution in [-0.4, -0.2) is 34.8 Å². The van der Waals surface area contributed by atoms with Gasteiger partial charge in [0.15, 0.2) is 5.76 Å². The zero-order valence-corrected chi connectivity index (χ0v) is 15.6. The third kappa shape index (κ3) is 4.52. The smallest absolute Gasteiger partial charge is 0.289 e. The normalized spacial score (nSPS) is 15.0. The lowest BCUT2D eigenvalue weighted by molar-refractivity contribution is 0.0687. The van der Waals surface area contributed by atoms with E-state index in [9.17, 15) is 9.18 Å². The van der Waals surface area contributed by atoms with Crippen LogP contribution in [0.3, 0.4) is 0 Å². The van der Waals surface area contributed by atoms with Crippen LogP contribution in [0.1, 0.15) is 55.0 Å². The SMILES string of the molecule is CC(C)N(Cc1ccc(C(=O)N2CCCCC2)o1)Cc1ccccc1F. The third-order valence-electron chi connectivity index (χ3n) is 4.94. The van der Waals surface area contributed by atoms with Gasteiger partial charge < -0.3 is 9.32 Å². The number of likely N-dealkylation sites (tertiary alicyclic amines) is 1. The van der Waals surface area contributed by atoms with E-state index in [4.69, 9.17) is 4.42 Å². The Morgan fingerprint density at radius 2 is 1.85 bits per heavy atom. The van der Waals surface area contributed by atoms with Crippen LogP contribution >= 0.6 is 0 Å². The molecule has 26 heavy (non-hydrogen) atoms. The number of hydrogen-bond acceptors (Lipinski definition) is 3. The fourth-order valence-electron chi connectivity index (χ4n) is 3.30. The molecule has 1 aliphatic rings. The molecule has 3 rings (SSSR count). The molecule has 5 heteroatoms. The molecule has 0 saturated carbocycles. The first-order valence-corrected chi connectivity index (χ1v) is 9.40. The van der Waals surface area contributed by atoms with Gasteiger partial charge in [-0.1, -0.05) is 18.2 Å². The highest BCUT2D eigenvalue weighted by molar-refractivity contribution is 5.91. The Balaban J connectivity index is 1.67. The summed E-state index contributed by atoms with van der Waals surface area (Å²) in [6.45, 7) is 6.80. The van der Waals surface area contributed by atoms with Gasteiger partial charge in [0, 0.05) is 31.2 Å². The quantitative estimate of drug-likeness (QED) is 0.765. The van der Waals surface area contributed by atoms with Crippen LogP contribution in [0.5, 0.6) is 0 Å². The first-order valence-electron chi connectivity index (χ1n) is 9.40. The minimum absolute atomic E-state index is 0.0267. The average Bonchev–Trinajstić information content (AvgIpc) is 3.11. The van der Waals surface area contributed by atoms with Gasteiger partial charge in [-0.3, -0.25) is 9.69 Å². The molecule has 1 saturated heterocycles. The fraction of sp³-hybridized carbons (Fsp3) is 0.476. The largest absolute Gasteiger partial charge is 0.455 e. The first kappa shape index (κ1) is 18.6. The van der Waals surface area contributed by atoms with Crippen molar-refractivity contribution in [1.82, 2.24) is 9.80 Å². The van der Waals surface area contributed by atoms with Crippen molar-refractivity contribution in [2.45, 2.75) is 52.2 Å². The van der Waals surface area contributed by atoms with Gasteiger partial charge in [-0.15, -0.1) is 0 Å². The van der Waals surface area contributed by atoms with Crippen LogP contribution in [-0.2, 0) is 13.1 Å². The molecule has 1 aliphatic heterocycles. The van der Waals surface area contributed by atoms with E-state index in [1.54, 1.807) is 18.2 Å². The van der Waals surface area contributed by atoms with Crippen molar-refractivity contribution in [3.8, 4) is 0 Å². The summed E-state index contributed by atoms with van der Waals surface area (Å²) in [4.78, 5) is 16.5. The number of carbonyl (C=O) groups excluding carboxylic acids is 1. The monoisotopic (exact) mass is 358 g/mol. The van der Waals surface area contributed by atoms with E-state index in [2.05, 4.69) is 18.7 Å². The summed E-state index contributed by atoms with van der Waals surface area (Å²) >= 11 is 0. The number of rotatable bonds is 6. The van der Waals surface area contributed by atoms with Crippen molar-refractivity contribution in [2.75, 3.05) is 13.1 Å². The number of nitrogens with zero attached hydrogens (tertiary/aromatic N) is 2. The van der Waals surface area contributed by atoms with Gasteiger partial charge in [0.2, 0.25) is 0 Å². The molecule has 2 aromatic rings. The van der Waals surface area contributed by atoms with E-state index < -0.39 is 0 Å². The Labute approximate surface area is 154 Å². The van der Waals surface area contributed by atoms with Gasteiger partial charge in [-0.2, -0.15) is 0 Å². The highest BCUT2D eigenvalue weighted by atomic mass is 19.1. The molecular weight excluding hydrogens is 331 g/mol. The molecule has 4 nitrogen and oxygen atoms in total. The van der Waals surface area contributed by atoms with E-state index in [-0.39, 0.29) is 17.8 Å². The molecule has 1 fully saturated rings. The Hall–Kier alpha value is -2.14. The molecule has 0 atom stereocenters. The maximum absolute atomic E-state index is 14.0. The number of halogens is 1. The van der Waals surface area contributed by atoms with E-state index >= 15 is 0 Å². The summed E-state index contributed by atoms with van der Waals surface area (Å²) in [6, 6.07) is 10.7. The maximum atomic E-state index is 14.0. The van der Waals surface area contributed by atoms with Crippen molar-refractivity contribution in [2.24, 2.45) is 0 Å². The van der Waals surface area contributed by atoms with Crippen molar-refractivity contribution < 1.29 is 13.6 Å². The predicted molar refractivity (Wildman–Crippen MR) is 99.2 cm³/mol. The standard InChI is InChI=1S/C21H27FN2O2/c1-16(2)24(14-17-8-4-5-9-19(17)22)15-18-10-11-20(26-18)21(25)23-12-6-3-7-13-23/h4-5,8-11,16H,3,6-7,12-15H2,1-2H3. The Kier molecular flexibility index (Phi) is 6.09. The second-order valence-corrected chi connectivity index (χ2v) is 7.21. The van der Waals surface area contributed by atoms with Crippen molar-refractivity contribution in [3.05, 3.63) is 59.3 Å². The summed E-state index contributed by atoms with van der Waals surface area (Å²) in [6.07, 6.45) is 3.30. The summed E-state index contributed by atoms with van der Waals surface area (Å²) in [5.41, 5.74) is 0.664. The topological polar surface area (TPSA) is 36.7 Å². The molecule has 0 unspecified atom stereocenters. The molecule has 0 N–H and O–H groups in total. The van der Waals surface area contributed by atoms with Crippen LogP contribution in [0.4, 0.5) is 4.39 Å². The molecule has 1 aromatic heterocycles. The molecule has 1 aromatic carbocycles. The molecule has 140 valence electrons. The average molecular weight is 358 g/mol. The molecule has 0 spiro atoms. The zero-order chi connectivity index (χ0) is 18.5. The molecule has 1 amide bonds. The van der Waals surface area contributed by atoms with Crippen molar-refractivity contribution in [3.63, 3.8) is 0 Å². The van der Waals surface area contributed by atoms with Gasteiger partial charge in [-0.25, -0.2) is 4.39 Å². The number of piperidine rings is 1. The Bertz CT molecular complexity index is 735. The summed E-state index contributed by atoms with van der Waals surface area (Å²) in [5, 5.41) is 0. The lowest BCUT2D eigenvalue weighted by atomic mass is 10.1. The third-order valence-corrected chi connectivity index (χ3v) is 4.94. The van der Waals surface area contributed by atoms with Crippen LogP contribution in [0.2, 0.25) is 0 Å². The summed E-state index contributed by atoms with van der Waals surface area (Å²) < 4.78 is 19.8. The number of furan rings is 1. The van der Waals surface area contributed by atoms with E-state index in [1.165, 1.54) is 12.5 Å². The van der Waals surface area contributed by atoms with Crippen LogP contribution < -0.4 is 0 Å². The second-order valence-electron chi connectivity index (χ2n) is 7.21. The lowest BCUT2D eigenvalue weighted by Crippen LogP contribution is -2.35. The van der Waals surface area contributed by atoms with Gasteiger partial charge in [0.1, 0.15) is 11.6 Å². The van der Waals surface area contributed by atoms with Crippen molar-refractivity contribution in [1.29, 1.82) is 0 Å². The first-order chi connectivity index (χ1) is 12.5. The van der Waals surface area contributed by atoms with Crippen LogP contribution in [0.25, 0.3) is 0 Å². The van der Waals surface area contributed by atoms with Crippen molar-refractivity contribution >= 4 is 5.91 Å².